The zero-order valence-electron chi connectivity index (χ0n) is 18.4. The molecular weight excluding hydrogens is 364 g/mol. The maximum atomic E-state index is 9.93. The summed E-state index contributed by atoms with van der Waals surface area (Å²) in [4.78, 5) is 2.69. The number of nitrogens with zero attached hydrogens (tertiary/aromatic N) is 6. The predicted octanol–water partition coefficient (Wildman–Crippen LogP) is 2.12. The highest BCUT2D eigenvalue weighted by Crippen LogP contribution is 2.13. The van der Waals surface area contributed by atoms with E-state index in [1.807, 2.05) is 27.7 Å². The van der Waals surface area contributed by atoms with Crippen LogP contribution < -0.4 is 0 Å². The molecule has 0 aromatic rings. The number of aliphatic hydroxyl groups excluding tert-OH is 4. The fourth-order valence-corrected chi connectivity index (χ4v) is 2.76. The molecule has 0 aromatic carbocycles. The second-order valence-corrected chi connectivity index (χ2v) is 7.75. The second kappa shape index (κ2) is 12.8. The smallest absolute Gasteiger partial charge is 0.133 e. The quantitative estimate of drug-likeness (QED) is 0.145. The van der Waals surface area contributed by atoms with Gasteiger partial charge < -0.3 is 30.2 Å². The first kappa shape index (κ1) is 26.4. The summed E-state index contributed by atoms with van der Waals surface area (Å²) in [7, 11) is 0. The molecule has 4 atom stereocenters. The van der Waals surface area contributed by atoms with Crippen molar-refractivity contribution in [2.45, 2.75) is 93.1 Å². The van der Waals surface area contributed by atoms with Crippen molar-refractivity contribution in [1.29, 1.82) is 0 Å². The standard InChI is InChI=1S/C18H38N6O4/c1-11(2)9-17(23(13(5)25)14(6)26)19-21-22-20-18(10-12(3)4)24(15(7)27)16(8)28/h11-16,25-28H,9-10H2,1-8H3/b19-17+,20-18+,22-21-. The van der Waals surface area contributed by atoms with Crippen molar-refractivity contribution < 1.29 is 20.4 Å². The Labute approximate surface area is 168 Å². The van der Waals surface area contributed by atoms with Crippen LogP contribution in [0.5, 0.6) is 0 Å². The monoisotopic (exact) mass is 402 g/mol. The third-order valence-electron chi connectivity index (χ3n) is 3.75. The third kappa shape index (κ3) is 9.54. The van der Waals surface area contributed by atoms with Crippen LogP contribution in [0.1, 0.15) is 68.2 Å². The molecule has 4 N–H and O–H groups in total. The minimum atomic E-state index is -0.950. The average molecular weight is 403 g/mol. The van der Waals surface area contributed by atoms with E-state index in [0.29, 0.717) is 24.5 Å². The molecule has 164 valence electrons. The van der Waals surface area contributed by atoms with E-state index in [4.69, 9.17) is 0 Å². The molecule has 0 bridgehead atoms. The van der Waals surface area contributed by atoms with Crippen LogP contribution in [0, 0.1) is 11.8 Å². The van der Waals surface area contributed by atoms with Gasteiger partial charge >= 0.3 is 0 Å². The Bertz CT molecular complexity index is 468. The maximum Gasteiger partial charge on any atom is 0.133 e. The van der Waals surface area contributed by atoms with Crippen molar-refractivity contribution >= 4 is 11.7 Å². The highest BCUT2D eigenvalue weighted by Gasteiger charge is 2.23. The van der Waals surface area contributed by atoms with Gasteiger partial charge in [-0.15, -0.1) is 10.2 Å². The molecule has 0 saturated heterocycles. The first-order chi connectivity index (χ1) is 12.9. The zero-order valence-corrected chi connectivity index (χ0v) is 18.4. The molecule has 0 spiro atoms. The van der Waals surface area contributed by atoms with Gasteiger partial charge in [0.15, 0.2) is 0 Å². The molecule has 0 rings (SSSR count). The van der Waals surface area contributed by atoms with Crippen LogP contribution in [0.25, 0.3) is 0 Å². The number of rotatable bonds is 10. The molecule has 4 unspecified atom stereocenters. The van der Waals surface area contributed by atoms with Crippen molar-refractivity contribution in [3.63, 3.8) is 0 Å². The summed E-state index contributed by atoms with van der Waals surface area (Å²) in [5, 5.41) is 55.2. The molecule has 0 saturated carbocycles. The third-order valence-corrected chi connectivity index (χ3v) is 3.75. The van der Waals surface area contributed by atoms with Gasteiger partial charge in [0.2, 0.25) is 0 Å². The predicted molar refractivity (Wildman–Crippen MR) is 109 cm³/mol. The summed E-state index contributed by atoms with van der Waals surface area (Å²) in [5.41, 5.74) is 0. The van der Waals surface area contributed by atoms with E-state index in [2.05, 4.69) is 20.6 Å². The maximum absolute atomic E-state index is 9.93. The summed E-state index contributed by atoms with van der Waals surface area (Å²) in [5.74, 6) is 1.20. The molecule has 0 aliphatic carbocycles. The van der Waals surface area contributed by atoms with Crippen LogP contribution in [0.4, 0.5) is 0 Å². The van der Waals surface area contributed by atoms with Gasteiger partial charge in [-0.1, -0.05) is 27.7 Å². The van der Waals surface area contributed by atoms with Gasteiger partial charge in [-0.25, -0.2) is 0 Å². The van der Waals surface area contributed by atoms with Crippen molar-refractivity contribution in [2.75, 3.05) is 0 Å². The van der Waals surface area contributed by atoms with E-state index < -0.39 is 24.9 Å². The Morgan fingerprint density at radius 3 is 1.00 bits per heavy atom. The Morgan fingerprint density at radius 1 is 0.571 bits per heavy atom. The number of aliphatic hydroxyl groups is 4. The van der Waals surface area contributed by atoms with E-state index in [9.17, 15) is 20.4 Å². The number of hydrogen-bond donors (Lipinski definition) is 4. The largest absolute Gasteiger partial charge is 0.374 e. The molecule has 0 fully saturated rings. The molecule has 0 heterocycles. The molecule has 0 aliphatic rings. The highest BCUT2D eigenvalue weighted by atomic mass is 16.3. The van der Waals surface area contributed by atoms with Crippen molar-refractivity contribution in [3.05, 3.63) is 0 Å². The Balaban J connectivity index is 5.77. The van der Waals surface area contributed by atoms with Crippen LogP contribution in [-0.4, -0.2) is 66.8 Å². The van der Waals surface area contributed by atoms with Gasteiger partial charge in [0.25, 0.3) is 0 Å². The van der Waals surface area contributed by atoms with Gasteiger partial charge in [-0.3, -0.25) is 0 Å². The average Bonchev–Trinajstić information content (AvgIpc) is 2.48. The van der Waals surface area contributed by atoms with E-state index in [-0.39, 0.29) is 11.8 Å². The summed E-state index contributed by atoms with van der Waals surface area (Å²) in [6.07, 6.45) is -2.85. The summed E-state index contributed by atoms with van der Waals surface area (Å²) in [6.45, 7) is 14.1. The molecule has 0 aliphatic heterocycles. The molecule has 0 amide bonds. The molecule has 28 heavy (non-hydrogen) atoms. The Kier molecular flexibility index (Phi) is 12.0. The topological polar surface area (TPSA) is 137 Å². The van der Waals surface area contributed by atoms with Gasteiger partial charge in [-0.2, -0.15) is 0 Å². The van der Waals surface area contributed by atoms with Crippen molar-refractivity contribution in [3.8, 4) is 0 Å². The minimum Gasteiger partial charge on any atom is -0.374 e. The van der Waals surface area contributed by atoms with E-state index in [1.54, 1.807) is 0 Å². The summed E-state index contributed by atoms with van der Waals surface area (Å²) >= 11 is 0. The van der Waals surface area contributed by atoms with E-state index >= 15 is 0 Å². The van der Waals surface area contributed by atoms with Crippen molar-refractivity contribution in [2.24, 2.45) is 32.5 Å². The Morgan fingerprint density at radius 2 is 0.821 bits per heavy atom. The lowest BCUT2D eigenvalue weighted by atomic mass is 10.1. The van der Waals surface area contributed by atoms with Gasteiger partial charge in [-0.05, 0) is 50.0 Å². The normalized spacial score (nSPS) is 17.9. The lowest BCUT2D eigenvalue weighted by Gasteiger charge is -2.31. The van der Waals surface area contributed by atoms with E-state index in [1.165, 1.54) is 37.5 Å². The van der Waals surface area contributed by atoms with E-state index in [0.717, 1.165) is 0 Å². The number of amidine groups is 2. The summed E-state index contributed by atoms with van der Waals surface area (Å²) < 4.78 is 0. The van der Waals surface area contributed by atoms with Crippen LogP contribution in [0.2, 0.25) is 0 Å². The first-order valence-corrected chi connectivity index (χ1v) is 9.70. The Hall–Kier alpha value is -1.62. The number of hydrogen-bond acceptors (Lipinski definition) is 6. The van der Waals surface area contributed by atoms with Crippen molar-refractivity contribution in [1.82, 2.24) is 9.80 Å². The SMILES string of the molecule is CC(C)C\C(=N/N=N\N=C(/CC(C)C)N(C(C)O)C(C)O)N(C(C)O)C(C)O. The molecule has 10 heteroatoms. The molecule has 0 radical (unpaired) electrons. The van der Waals surface area contributed by atoms with Crippen LogP contribution >= 0.6 is 0 Å². The van der Waals surface area contributed by atoms with Gasteiger partial charge in [0, 0.05) is 12.8 Å². The van der Waals surface area contributed by atoms with Gasteiger partial charge in [0.1, 0.15) is 36.6 Å². The van der Waals surface area contributed by atoms with Gasteiger partial charge in [0.05, 0.1) is 0 Å². The van der Waals surface area contributed by atoms with Crippen LogP contribution in [-0.2, 0) is 0 Å². The van der Waals surface area contributed by atoms with Crippen LogP contribution in [0.15, 0.2) is 20.6 Å². The lowest BCUT2D eigenvalue weighted by molar-refractivity contribution is -0.0379. The molecular formula is C18H38N6O4. The minimum absolute atomic E-state index is 0.218. The fraction of sp³-hybridized carbons (Fsp3) is 0.889. The van der Waals surface area contributed by atoms with Crippen LogP contribution in [0.3, 0.4) is 0 Å². The molecule has 10 nitrogen and oxygen atoms in total. The summed E-state index contributed by atoms with van der Waals surface area (Å²) in [6, 6.07) is 0. The zero-order chi connectivity index (χ0) is 22.0. The fourth-order valence-electron chi connectivity index (χ4n) is 2.76. The lowest BCUT2D eigenvalue weighted by Crippen LogP contribution is -2.45. The second-order valence-electron chi connectivity index (χ2n) is 7.75. The highest BCUT2D eigenvalue weighted by molar-refractivity contribution is 5.83. The molecule has 0 aromatic heterocycles. The first-order valence-electron chi connectivity index (χ1n) is 9.70.